The predicted octanol–water partition coefficient (Wildman–Crippen LogP) is 3.81. The zero-order valence-corrected chi connectivity index (χ0v) is 25.4. The van der Waals surface area contributed by atoms with Gasteiger partial charge in [0.1, 0.15) is 18.0 Å². The van der Waals surface area contributed by atoms with Crippen molar-refractivity contribution in [3.8, 4) is 22.4 Å². The molecular formula is C33H43FN8O. The SMILES string of the molecule is CCc1ncnc(-c2ccc(C(=O)N3CCC(N4CCN(C5CCN(C)CC5)CC4)CC3)c(F)c2)c1-c1ccc(N)nc1. The van der Waals surface area contributed by atoms with Crippen LogP contribution in [-0.4, -0.2) is 112 Å². The second-order valence-electron chi connectivity index (χ2n) is 12.2. The molecule has 0 bridgehead atoms. The first kappa shape index (κ1) is 29.6. The Balaban J connectivity index is 1.09. The maximum Gasteiger partial charge on any atom is 0.256 e. The molecule has 0 aliphatic carbocycles. The minimum Gasteiger partial charge on any atom is -0.384 e. The van der Waals surface area contributed by atoms with Crippen molar-refractivity contribution in [2.45, 2.75) is 51.1 Å². The van der Waals surface area contributed by atoms with Gasteiger partial charge < -0.3 is 15.5 Å². The Labute approximate surface area is 253 Å². The Kier molecular flexibility index (Phi) is 8.97. The molecule has 0 atom stereocenters. The summed E-state index contributed by atoms with van der Waals surface area (Å²) in [6.45, 7) is 10.2. The lowest BCUT2D eigenvalue weighted by molar-refractivity contribution is 0.0270. The monoisotopic (exact) mass is 586 g/mol. The number of likely N-dealkylation sites (tertiary alicyclic amines) is 2. The topological polar surface area (TPSA) is 94.7 Å². The molecule has 0 unspecified atom stereocenters. The van der Waals surface area contributed by atoms with Gasteiger partial charge in [0.15, 0.2) is 0 Å². The van der Waals surface area contributed by atoms with E-state index in [1.165, 1.54) is 38.3 Å². The second-order valence-corrected chi connectivity index (χ2v) is 12.2. The van der Waals surface area contributed by atoms with E-state index in [1.807, 2.05) is 17.9 Å². The zero-order valence-electron chi connectivity index (χ0n) is 25.4. The Morgan fingerprint density at radius 3 is 2.07 bits per heavy atom. The van der Waals surface area contributed by atoms with Crippen LogP contribution >= 0.6 is 0 Å². The van der Waals surface area contributed by atoms with E-state index in [-0.39, 0.29) is 11.5 Å². The van der Waals surface area contributed by atoms with Gasteiger partial charge in [0.25, 0.3) is 5.91 Å². The molecule has 6 rings (SSSR count). The number of anilines is 1. The van der Waals surface area contributed by atoms with Crippen LogP contribution in [0.1, 0.15) is 48.7 Å². The van der Waals surface area contributed by atoms with E-state index in [4.69, 9.17) is 5.73 Å². The maximum atomic E-state index is 15.6. The summed E-state index contributed by atoms with van der Waals surface area (Å²) < 4.78 is 15.6. The average Bonchev–Trinajstić information content (AvgIpc) is 3.05. The summed E-state index contributed by atoms with van der Waals surface area (Å²) in [5, 5.41) is 0. The number of benzene rings is 1. The van der Waals surface area contributed by atoms with Crippen LogP contribution in [0.15, 0.2) is 42.9 Å². The molecule has 3 aromatic rings. The van der Waals surface area contributed by atoms with E-state index in [2.05, 4.69) is 36.7 Å². The molecule has 2 N–H and O–H groups in total. The fourth-order valence-corrected chi connectivity index (χ4v) is 7.03. The fourth-order valence-electron chi connectivity index (χ4n) is 7.03. The largest absolute Gasteiger partial charge is 0.384 e. The van der Waals surface area contributed by atoms with Gasteiger partial charge in [-0.3, -0.25) is 14.6 Å². The number of carbonyl (C=O) groups excluding carboxylic acids is 1. The quantitative estimate of drug-likeness (QED) is 0.466. The van der Waals surface area contributed by atoms with Gasteiger partial charge in [-0.2, -0.15) is 0 Å². The summed E-state index contributed by atoms with van der Waals surface area (Å²) >= 11 is 0. The van der Waals surface area contributed by atoms with Gasteiger partial charge in [0.05, 0.1) is 17.0 Å². The number of hydrogen-bond donors (Lipinski definition) is 1. The number of pyridine rings is 1. The van der Waals surface area contributed by atoms with E-state index in [0.717, 1.165) is 61.9 Å². The van der Waals surface area contributed by atoms with Gasteiger partial charge >= 0.3 is 0 Å². The molecule has 3 fully saturated rings. The lowest BCUT2D eigenvalue weighted by Gasteiger charge is -2.46. The normalized spacial score (nSPS) is 20.0. The lowest BCUT2D eigenvalue weighted by atomic mass is 9.96. The third-order valence-corrected chi connectivity index (χ3v) is 9.63. The number of hydrogen-bond acceptors (Lipinski definition) is 8. The fraction of sp³-hybridized carbons (Fsp3) is 0.515. The van der Waals surface area contributed by atoms with Gasteiger partial charge in [-0.05, 0) is 76.5 Å². The number of piperazine rings is 1. The molecule has 3 saturated heterocycles. The molecule has 2 aromatic heterocycles. The predicted molar refractivity (Wildman–Crippen MR) is 167 cm³/mol. The molecule has 3 aliphatic heterocycles. The lowest BCUT2D eigenvalue weighted by Crippen LogP contribution is -2.56. The molecule has 0 spiro atoms. The van der Waals surface area contributed by atoms with Crippen molar-refractivity contribution in [2.75, 3.05) is 65.1 Å². The second kappa shape index (κ2) is 13.0. The van der Waals surface area contributed by atoms with E-state index in [9.17, 15) is 4.79 Å². The van der Waals surface area contributed by atoms with Crippen LogP contribution in [0, 0.1) is 5.82 Å². The molecule has 3 aliphatic rings. The molecule has 0 radical (unpaired) electrons. The van der Waals surface area contributed by atoms with Crippen molar-refractivity contribution in [1.82, 2.24) is 34.6 Å². The highest BCUT2D eigenvalue weighted by Crippen LogP contribution is 2.34. The zero-order chi connectivity index (χ0) is 29.9. The van der Waals surface area contributed by atoms with Crippen LogP contribution in [0.5, 0.6) is 0 Å². The van der Waals surface area contributed by atoms with E-state index >= 15 is 4.39 Å². The molecule has 43 heavy (non-hydrogen) atoms. The first-order chi connectivity index (χ1) is 20.9. The van der Waals surface area contributed by atoms with E-state index < -0.39 is 5.82 Å². The number of aromatic nitrogens is 3. The van der Waals surface area contributed by atoms with Gasteiger partial charge in [0, 0.05) is 74.2 Å². The van der Waals surface area contributed by atoms with Crippen LogP contribution in [0.25, 0.3) is 22.4 Å². The highest BCUT2D eigenvalue weighted by Gasteiger charge is 2.32. The van der Waals surface area contributed by atoms with Crippen molar-refractivity contribution in [2.24, 2.45) is 0 Å². The van der Waals surface area contributed by atoms with Gasteiger partial charge in [-0.25, -0.2) is 19.3 Å². The summed E-state index contributed by atoms with van der Waals surface area (Å²) in [6.07, 6.45) is 8.27. The highest BCUT2D eigenvalue weighted by molar-refractivity contribution is 5.95. The number of rotatable bonds is 6. The minimum absolute atomic E-state index is 0.106. The Morgan fingerprint density at radius 1 is 0.860 bits per heavy atom. The smallest absolute Gasteiger partial charge is 0.256 e. The van der Waals surface area contributed by atoms with Crippen molar-refractivity contribution in [3.63, 3.8) is 0 Å². The standard InChI is InChI=1S/C33H43FN8O/c1-3-29-31(24-5-7-30(35)36-21-24)32(38-22-37-29)23-4-6-27(28(34)20-23)33(43)42-14-10-26(11-15-42)41-18-16-40(17-19-41)25-8-12-39(2)13-9-25/h4-7,20-22,25-26H,3,8-19H2,1-2H3,(H2,35,36). The minimum atomic E-state index is -0.535. The van der Waals surface area contributed by atoms with Crippen LogP contribution in [0.3, 0.4) is 0 Å². The first-order valence-corrected chi connectivity index (χ1v) is 15.7. The molecule has 10 heteroatoms. The molecule has 0 saturated carbocycles. The van der Waals surface area contributed by atoms with Gasteiger partial charge in [0.2, 0.25) is 0 Å². The summed E-state index contributed by atoms with van der Waals surface area (Å²) in [7, 11) is 2.22. The number of carbonyl (C=O) groups is 1. The molecule has 5 heterocycles. The van der Waals surface area contributed by atoms with E-state index in [0.29, 0.717) is 42.6 Å². The summed E-state index contributed by atoms with van der Waals surface area (Å²) in [5.74, 6) is -0.356. The van der Waals surface area contributed by atoms with Crippen LogP contribution < -0.4 is 5.73 Å². The first-order valence-electron chi connectivity index (χ1n) is 15.7. The number of amides is 1. The molecular weight excluding hydrogens is 543 g/mol. The molecule has 1 aromatic carbocycles. The number of nitrogens with zero attached hydrogens (tertiary/aromatic N) is 7. The third-order valence-electron chi connectivity index (χ3n) is 9.63. The Bertz CT molecular complexity index is 1410. The van der Waals surface area contributed by atoms with Crippen molar-refractivity contribution in [3.05, 3.63) is 59.9 Å². The summed E-state index contributed by atoms with van der Waals surface area (Å²) in [6, 6.07) is 9.61. The Hall–Kier alpha value is -3.47. The molecule has 1 amide bonds. The van der Waals surface area contributed by atoms with Gasteiger partial charge in [-0.15, -0.1) is 0 Å². The number of aryl methyl sites for hydroxylation is 1. The summed E-state index contributed by atoms with van der Waals surface area (Å²) in [5.41, 5.74) is 9.55. The van der Waals surface area contributed by atoms with Crippen LogP contribution in [-0.2, 0) is 6.42 Å². The van der Waals surface area contributed by atoms with Gasteiger partial charge in [-0.1, -0.05) is 13.0 Å². The van der Waals surface area contributed by atoms with Crippen molar-refractivity contribution in [1.29, 1.82) is 0 Å². The molecule has 228 valence electrons. The Morgan fingerprint density at radius 2 is 1.49 bits per heavy atom. The number of piperidine rings is 2. The highest BCUT2D eigenvalue weighted by atomic mass is 19.1. The van der Waals surface area contributed by atoms with Crippen molar-refractivity contribution >= 4 is 11.7 Å². The third kappa shape index (κ3) is 6.41. The summed E-state index contributed by atoms with van der Waals surface area (Å²) in [4.78, 5) is 36.2. The van der Waals surface area contributed by atoms with Crippen LogP contribution in [0.4, 0.5) is 10.2 Å². The molecule has 9 nitrogen and oxygen atoms in total. The maximum absolute atomic E-state index is 15.6. The van der Waals surface area contributed by atoms with E-state index in [1.54, 1.807) is 24.4 Å². The number of nitrogen functional groups attached to an aromatic ring is 1. The number of halogens is 1. The van der Waals surface area contributed by atoms with Crippen molar-refractivity contribution < 1.29 is 9.18 Å². The average molecular weight is 587 g/mol. The number of nitrogens with two attached hydrogens (primary N) is 1. The van der Waals surface area contributed by atoms with Crippen LogP contribution in [0.2, 0.25) is 0 Å².